The van der Waals surface area contributed by atoms with E-state index in [1.807, 2.05) is 18.2 Å². The minimum absolute atomic E-state index is 0.277. The molecule has 0 saturated heterocycles. The molecule has 19 heavy (non-hydrogen) atoms. The first-order chi connectivity index (χ1) is 9.22. The number of aryl methyl sites for hydroxylation is 1. The fourth-order valence-corrected chi connectivity index (χ4v) is 1.54. The van der Waals surface area contributed by atoms with Gasteiger partial charge in [-0.2, -0.15) is 0 Å². The maximum absolute atomic E-state index is 11.4. The van der Waals surface area contributed by atoms with Gasteiger partial charge in [0.05, 0.1) is 6.61 Å². The average Bonchev–Trinajstić information content (AvgIpc) is 2.43. The van der Waals surface area contributed by atoms with Gasteiger partial charge < -0.3 is 10.1 Å². The average molecular weight is 261 g/mol. The number of nitrogens with one attached hydrogen (secondary N) is 1. The van der Waals surface area contributed by atoms with Crippen LogP contribution in [0.5, 0.6) is 0 Å². The van der Waals surface area contributed by atoms with E-state index in [2.05, 4.69) is 22.2 Å². The summed E-state index contributed by atoms with van der Waals surface area (Å²) in [5.74, 6) is -0.775. The van der Waals surface area contributed by atoms with Crippen LogP contribution in [0.2, 0.25) is 0 Å². The summed E-state index contributed by atoms with van der Waals surface area (Å²) < 4.78 is 4.67. The summed E-state index contributed by atoms with van der Waals surface area (Å²) in [7, 11) is 0. The summed E-state index contributed by atoms with van der Waals surface area (Å²) in [6.07, 6.45) is 4.11. The molecule has 0 spiro atoms. The van der Waals surface area contributed by atoms with E-state index in [1.54, 1.807) is 6.92 Å². The van der Waals surface area contributed by atoms with Gasteiger partial charge in [0.15, 0.2) is 0 Å². The molecule has 1 aromatic carbocycles. The van der Waals surface area contributed by atoms with E-state index < -0.39 is 5.97 Å². The lowest BCUT2D eigenvalue weighted by Gasteiger charge is -2.02. The number of ether oxygens (including phenoxy) is 1. The molecule has 0 heterocycles. The molecule has 0 aliphatic rings. The highest BCUT2D eigenvalue weighted by atomic mass is 16.5. The van der Waals surface area contributed by atoms with Gasteiger partial charge in [0.1, 0.15) is 0 Å². The first-order valence-electron chi connectivity index (χ1n) is 6.39. The zero-order chi connectivity index (χ0) is 13.9. The van der Waals surface area contributed by atoms with E-state index in [0.29, 0.717) is 13.2 Å². The van der Waals surface area contributed by atoms with Crippen molar-refractivity contribution >= 4 is 11.9 Å². The van der Waals surface area contributed by atoms with Gasteiger partial charge in [-0.1, -0.05) is 30.3 Å². The first-order valence-corrected chi connectivity index (χ1v) is 6.39. The van der Waals surface area contributed by atoms with Crippen LogP contribution in [0.4, 0.5) is 0 Å². The summed E-state index contributed by atoms with van der Waals surface area (Å²) in [4.78, 5) is 22.3. The van der Waals surface area contributed by atoms with Crippen LogP contribution < -0.4 is 5.32 Å². The molecule has 0 atom stereocenters. The molecular weight excluding hydrogens is 242 g/mol. The molecule has 0 aliphatic heterocycles. The molecule has 1 aromatic rings. The highest BCUT2D eigenvalue weighted by Crippen LogP contribution is 2.01. The Balaban J connectivity index is 2.15. The largest absolute Gasteiger partial charge is 0.463 e. The van der Waals surface area contributed by atoms with Crippen LogP contribution in [-0.2, 0) is 20.7 Å². The van der Waals surface area contributed by atoms with Crippen molar-refractivity contribution in [3.63, 3.8) is 0 Å². The van der Waals surface area contributed by atoms with Crippen LogP contribution in [0.25, 0.3) is 0 Å². The van der Waals surface area contributed by atoms with Crippen molar-refractivity contribution in [2.45, 2.75) is 19.8 Å². The number of carbonyl (C=O) groups is 2. The zero-order valence-corrected chi connectivity index (χ0v) is 11.1. The Hall–Kier alpha value is -2.10. The quantitative estimate of drug-likeness (QED) is 0.463. The summed E-state index contributed by atoms with van der Waals surface area (Å²) in [5.41, 5.74) is 1.25. The summed E-state index contributed by atoms with van der Waals surface area (Å²) >= 11 is 0. The summed E-state index contributed by atoms with van der Waals surface area (Å²) in [6.45, 7) is 2.61. The predicted octanol–water partition coefficient (Wildman–Crippen LogP) is 1.85. The topological polar surface area (TPSA) is 55.4 Å². The Bertz CT molecular complexity index is 426. The van der Waals surface area contributed by atoms with Crippen LogP contribution in [0.1, 0.15) is 18.9 Å². The molecule has 0 saturated carbocycles. The van der Waals surface area contributed by atoms with Crippen LogP contribution in [0, 0.1) is 0 Å². The lowest BCUT2D eigenvalue weighted by Crippen LogP contribution is -2.22. The Morgan fingerprint density at radius 1 is 1.21 bits per heavy atom. The molecule has 4 nitrogen and oxygen atoms in total. The molecule has 102 valence electrons. The molecule has 0 unspecified atom stereocenters. The number of hydrogen-bond acceptors (Lipinski definition) is 3. The number of carbonyl (C=O) groups excluding carboxylic acids is 2. The number of amides is 1. The third-order valence-electron chi connectivity index (χ3n) is 2.44. The molecule has 1 N–H and O–H groups in total. The van der Waals surface area contributed by atoms with Crippen molar-refractivity contribution < 1.29 is 14.3 Å². The Morgan fingerprint density at radius 2 is 1.95 bits per heavy atom. The van der Waals surface area contributed by atoms with Crippen molar-refractivity contribution in [1.82, 2.24) is 5.32 Å². The summed E-state index contributed by atoms with van der Waals surface area (Å²) in [5, 5.41) is 2.72. The van der Waals surface area contributed by atoms with Crippen LogP contribution >= 0.6 is 0 Å². The van der Waals surface area contributed by atoms with Crippen LogP contribution in [0.15, 0.2) is 42.5 Å². The molecule has 0 fully saturated rings. The normalized spacial score (nSPS) is 10.4. The van der Waals surface area contributed by atoms with Crippen molar-refractivity contribution in [2.75, 3.05) is 13.2 Å². The van der Waals surface area contributed by atoms with E-state index in [1.165, 1.54) is 11.6 Å². The predicted molar refractivity (Wildman–Crippen MR) is 73.5 cm³/mol. The summed E-state index contributed by atoms with van der Waals surface area (Å²) in [6, 6.07) is 10.1. The molecular formula is C15H19NO3. The molecule has 1 rings (SSSR count). The maximum Gasteiger partial charge on any atom is 0.330 e. The number of hydrogen-bond donors (Lipinski definition) is 1. The number of esters is 1. The number of rotatable bonds is 7. The Kier molecular flexibility index (Phi) is 7.02. The minimum Gasteiger partial charge on any atom is -0.463 e. The Morgan fingerprint density at radius 3 is 2.63 bits per heavy atom. The van der Waals surface area contributed by atoms with Gasteiger partial charge >= 0.3 is 5.97 Å². The van der Waals surface area contributed by atoms with E-state index in [4.69, 9.17) is 0 Å². The third-order valence-corrected chi connectivity index (χ3v) is 2.44. The van der Waals surface area contributed by atoms with Gasteiger partial charge in [0, 0.05) is 18.7 Å². The van der Waals surface area contributed by atoms with Crippen molar-refractivity contribution in [3.8, 4) is 0 Å². The molecule has 0 aromatic heterocycles. The second-order valence-corrected chi connectivity index (χ2v) is 3.97. The van der Waals surface area contributed by atoms with E-state index >= 15 is 0 Å². The lowest BCUT2D eigenvalue weighted by atomic mass is 10.1. The van der Waals surface area contributed by atoms with Crippen molar-refractivity contribution in [1.29, 1.82) is 0 Å². The zero-order valence-electron chi connectivity index (χ0n) is 11.1. The monoisotopic (exact) mass is 261 g/mol. The molecule has 0 radical (unpaired) electrons. The Labute approximate surface area is 113 Å². The fourth-order valence-electron chi connectivity index (χ4n) is 1.54. The molecule has 4 heteroatoms. The van der Waals surface area contributed by atoms with Crippen LogP contribution in [-0.4, -0.2) is 25.0 Å². The smallest absolute Gasteiger partial charge is 0.330 e. The molecule has 0 bridgehead atoms. The lowest BCUT2D eigenvalue weighted by molar-refractivity contribution is -0.137. The maximum atomic E-state index is 11.4. The van der Waals surface area contributed by atoms with E-state index in [9.17, 15) is 9.59 Å². The van der Waals surface area contributed by atoms with Gasteiger partial charge in [-0.05, 0) is 25.3 Å². The SMILES string of the molecule is CCOC(=O)/C=C/C(=O)NCCCc1ccccc1. The second kappa shape index (κ2) is 8.91. The van der Waals surface area contributed by atoms with Gasteiger partial charge in [0.2, 0.25) is 5.91 Å². The van der Waals surface area contributed by atoms with Crippen LogP contribution in [0.3, 0.4) is 0 Å². The standard InChI is InChI=1S/C15H19NO3/c1-2-19-15(18)11-10-14(17)16-12-6-9-13-7-4-3-5-8-13/h3-5,7-8,10-11H,2,6,9,12H2,1H3,(H,16,17)/b11-10+. The van der Waals surface area contributed by atoms with E-state index in [-0.39, 0.29) is 5.91 Å². The minimum atomic E-state index is -0.498. The van der Waals surface area contributed by atoms with Crippen molar-refractivity contribution in [2.24, 2.45) is 0 Å². The van der Waals surface area contributed by atoms with Crippen molar-refractivity contribution in [3.05, 3.63) is 48.0 Å². The van der Waals surface area contributed by atoms with Gasteiger partial charge in [-0.25, -0.2) is 4.79 Å². The number of benzene rings is 1. The van der Waals surface area contributed by atoms with Gasteiger partial charge in [0.25, 0.3) is 0 Å². The highest BCUT2D eigenvalue weighted by Gasteiger charge is 1.98. The highest BCUT2D eigenvalue weighted by molar-refractivity contribution is 5.94. The molecule has 1 amide bonds. The second-order valence-electron chi connectivity index (χ2n) is 3.97. The fraction of sp³-hybridized carbons (Fsp3) is 0.333. The van der Waals surface area contributed by atoms with Gasteiger partial charge in [-0.3, -0.25) is 4.79 Å². The van der Waals surface area contributed by atoms with Gasteiger partial charge in [-0.15, -0.1) is 0 Å². The van der Waals surface area contributed by atoms with E-state index in [0.717, 1.165) is 18.9 Å². The third kappa shape index (κ3) is 7.03. The molecule has 0 aliphatic carbocycles. The first kappa shape index (κ1) is 15.0.